The highest BCUT2D eigenvalue weighted by molar-refractivity contribution is 5.76. The van der Waals surface area contributed by atoms with Crippen LogP contribution in [0.5, 0.6) is 17.2 Å². The van der Waals surface area contributed by atoms with Gasteiger partial charge in [-0.15, -0.1) is 0 Å². The van der Waals surface area contributed by atoms with Crippen molar-refractivity contribution in [3.8, 4) is 17.2 Å². The zero-order chi connectivity index (χ0) is 21.7. The van der Waals surface area contributed by atoms with Gasteiger partial charge in [0.05, 0.1) is 33.0 Å². The van der Waals surface area contributed by atoms with Gasteiger partial charge in [0.25, 0.3) is 0 Å². The minimum Gasteiger partial charge on any atom is -0.497 e. The molecular weight excluding hydrogens is 386 g/mol. The highest BCUT2D eigenvalue weighted by atomic mass is 16.5. The number of ether oxygens (including phenoxy) is 3. The summed E-state index contributed by atoms with van der Waals surface area (Å²) >= 11 is 0. The van der Waals surface area contributed by atoms with E-state index in [1.54, 1.807) is 21.3 Å². The van der Waals surface area contributed by atoms with Crippen LogP contribution in [0.15, 0.2) is 42.5 Å². The van der Waals surface area contributed by atoms with Crippen molar-refractivity contribution < 1.29 is 29.2 Å². The number of aliphatic carboxylic acids is 1. The number of piperidine rings is 1. The van der Waals surface area contributed by atoms with Gasteiger partial charge in [-0.1, -0.05) is 18.2 Å². The number of aliphatic hydroxyl groups is 1. The summed E-state index contributed by atoms with van der Waals surface area (Å²) in [4.78, 5) is 14.5. The number of carboxylic acids is 1. The van der Waals surface area contributed by atoms with Gasteiger partial charge in [0, 0.05) is 19.6 Å². The van der Waals surface area contributed by atoms with Crippen LogP contribution in [0.25, 0.3) is 0 Å². The van der Waals surface area contributed by atoms with Gasteiger partial charge in [-0.25, -0.2) is 0 Å². The fourth-order valence-corrected chi connectivity index (χ4v) is 4.21. The average molecular weight is 415 g/mol. The first-order valence-corrected chi connectivity index (χ1v) is 9.90. The van der Waals surface area contributed by atoms with Crippen molar-refractivity contribution in [2.24, 2.45) is 5.41 Å². The Labute approximate surface area is 176 Å². The van der Waals surface area contributed by atoms with E-state index in [2.05, 4.69) is 0 Å². The molecule has 0 spiro atoms. The molecule has 1 saturated heterocycles. The molecular formula is C23H29NO6. The number of hydrogen-bond acceptors (Lipinski definition) is 6. The molecule has 0 unspecified atom stereocenters. The molecule has 0 amide bonds. The van der Waals surface area contributed by atoms with Crippen molar-refractivity contribution in [1.29, 1.82) is 0 Å². The molecule has 30 heavy (non-hydrogen) atoms. The van der Waals surface area contributed by atoms with E-state index in [4.69, 9.17) is 14.2 Å². The van der Waals surface area contributed by atoms with Crippen LogP contribution in [-0.4, -0.2) is 61.6 Å². The Hall–Kier alpha value is -2.77. The zero-order valence-electron chi connectivity index (χ0n) is 17.6. The topological polar surface area (TPSA) is 88.5 Å². The number of aliphatic hydroxyl groups excluding tert-OH is 1. The van der Waals surface area contributed by atoms with Crippen LogP contribution in [0.4, 0.5) is 0 Å². The Kier molecular flexibility index (Phi) is 6.84. The van der Waals surface area contributed by atoms with E-state index >= 15 is 0 Å². The zero-order valence-corrected chi connectivity index (χ0v) is 17.6. The summed E-state index contributed by atoms with van der Waals surface area (Å²) in [5.74, 6) is 1.03. The number of carbonyl (C=O) groups is 1. The maximum absolute atomic E-state index is 12.4. The highest BCUT2D eigenvalue weighted by Gasteiger charge is 2.49. The first-order chi connectivity index (χ1) is 14.4. The average Bonchev–Trinajstić information content (AvgIpc) is 2.76. The molecule has 1 fully saturated rings. The van der Waals surface area contributed by atoms with Gasteiger partial charge in [-0.3, -0.25) is 9.69 Å². The van der Waals surface area contributed by atoms with Gasteiger partial charge < -0.3 is 24.4 Å². The molecule has 0 bridgehead atoms. The lowest BCUT2D eigenvalue weighted by Gasteiger charge is -2.43. The molecule has 2 atom stereocenters. The minimum absolute atomic E-state index is 0.209. The number of likely N-dealkylation sites (tertiary alicyclic amines) is 1. The lowest BCUT2D eigenvalue weighted by atomic mass is 9.72. The van der Waals surface area contributed by atoms with Crippen LogP contribution < -0.4 is 14.2 Å². The predicted octanol–water partition coefficient (Wildman–Crippen LogP) is 2.59. The Balaban J connectivity index is 1.89. The summed E-state index contributed by atoms with van der Waals surface area (Å²) in [5.41, 5.74) is 0.354. The fourth-order valence-electron chi connectivity index (χ4n) is 4.21. The summed E-state index contributed by atoms with van der Waals surface area (Å²) in [7, 11) is 4.77. The predicted molar refractivity (Wildman–Crippen MR) is 112 cm³/mol. The molecule has 162 valence electrons. The van der Waals surface area contributed by atoms with Gasteiger partial charge in [-0.2, -0.15) is 0 Å². The van der Waals surface area contributed by atoms with Crippen molar-refractivity contribution in [2.75, 3.05) is 34.4 Å². The third-order valence-corrected chi connectivity index (χ3v) is 5.85. The van der Waals surface area contributed by atoms with Crippen molar-refractivity contribution >= 4 is 5.97 Å². The number of hydrogen-bond donors (Lipinski definition) is 2. The van der Waals surface area contributed by atoms with Crippen LogP contribution >= 0.6 is 0 Å². The van der Waals surface area contributed by atoms with Crippen molar-refractivity contribution in [3.63, 3.8) is 0 Å². The largest absolute Gasteiger partial charge is 0.497 e. The monoisotopic (exact) mass is 415 g/mol. The van der Waals surface area contributed by atoms with Crippen LogP contribution in [0.3, 0.4) is 0 Å². The van der Waals surface area contributed by atoms with Crippen molar-refractivity contribution in [2.45, 2.75) is 25.5 Å². The Morgan fingerprint density at radius 1 is 1.10 bits per heavy atom. The Morgan fingerprint density at radius 2 is 1.77 bits per heavy atom. The third kappa shape index (κ3) is 4.37. The maximum Gasteiger partial charge on any atom is 0.313 e. The summed E-state index contributed by atoms with van der Waals surface area (Å²) in [6.07, 6.45) is -0.370. The molecule has 0 aliphatic carbocycles. The maximum atomic E-state index is 12.4. The Morgan fingerprint density at radius 3 is 2.37 bits per heavy atom. The van der Waals surface area contributed by atoms with Gasteiger partial charge in [0.15, 0.2) is 0 Å². The molecule has 0 aromatic heterocycles. The second-order valence-corrected chi connectivity index (χ2v) is 7.65. The SMILES string of the molecule is COc1cccc(C[C@@]2(C(=O)O)CN(Cc3c(OC)cccc3OC)CC[C@H]2O)c1. The smallest absolute Gasteiger partial charge is 0.313 e. The molecule has 0 radical (unpaired) electrons. The third-order valence-electron chi connectivity index (χ3n) is 5.85. The van der Waals surface area contributed by atoms with E-state index < -0.39 is 17.5 Å². The lowest BCUT2D eigenvalue weighted by Crippen LogP contribution is -2.56. The lowest BCUT2D eigenvalue weighted by molar-refractivity contribution is -0.163. The first-order valence-electron chi connectivity index (χ1n) is 9.90. The fraction of sp³-hybridized carbons (Fsp3) is 0.435. The second kappa shape index (κ2) is 9.36. The summed E-state index contributed by atoms with van der Waals surface area (Å²) in [5, 5.41) is 20.9. The molecule has 3 rings (SSSR count). The molecule has 7 heteroatoms. The van der Waals surface area contributed by atoms with E-state index in [1.807, 2.05) is 47.4 Å². The number of nitrogens with zero attached hydrogens (tertiary/aromatic N) is 1. The normalized spacial score (nSPS) is 21.8. The van der Waals surface area contributed by atoms with Gasteiger partial charge in [0.1, 0.15) is 22.7 Å². The van der Waals surface area contributed by atoms with Crippen LogP contribution in [0.2, 0.25) is 0 Å². The van der Waals surface area contributed by atoms with Crippen LogP contribution in [0.1, 0.15) is 17.5 Å². The second-order valence-electron chi connectivity index (χ2n) is 7.65. The number of carboxylic acid groups (broad SMARTS) is 1. The molecule has 1 heterocycles. The van der Waals surface area contributed by atoms with Crippen molar-refractivity contribution in [1.82, 2.24) is 4.90 Å². The van der Waals surface area contributed by atoms with Crippen LogP contribution in [0, 0.1) is 5.41 Å². The first kappa shape index (κ1) is 21.9. The molecule has 2 N–H and O–H groups in total. The molecule has 2 aromatic rings. The standard InChI is InChI=1S/C23H29NO6/c1-28-17-7-4-6-16(12-17)13-23(22(26)27)15-24(11-10-21(23)25)14-18-19(29-2)8-5-9-20(18)30-3/h4-9,12,21,25H,10-11,13-15H2,1-3H3,(H,26,27)/t21-,23-/m1/s1. The number of methoxy groups -OCH3 is 3. The van der Waals surface area contributed by atoms with Gasteiger partial charge in [-0.05, 0) is 42.7 Å². The quantitative estimate of drug-likeness (QED) is 0.685. The highest BCUT2D eigenvalue weighted by Crippen LogP contribution is 2.38. The van der Waals surface area contributed by atoms with Crippen LogP contribution in [-0.2, 0) is 17.8 Å². The van der Waals surface area contributed by atoms with E-state index in [9.17, 15) is 15.0 Å². The molecule has 7 nitrogen and oxygen atoms in total. The van der Waals surface area contributed by atoms with Gasteiger partial charge in [0.2, 0.25) is 0 Å². The summed E-state index contributed by atoms with van der Waals surface area (Å²) in [6.45, 7) is 1.25. The van der Waals surface area contributed by atoms with E-state index in [0.29, 0.717) is 36.8 Å². The van der Waals surface area contributed by atoms with E-state index in [-0.39, 0.29) is 13.0 Å². The van der Waals surface area contributed by atoms with E-state index in [0.717, 1.165) is 11.1 Å². The van der Waals surface area contributed by atoms with Gasteiger partial charge >= 0.3 is 5.97 Å². The molecule has 1 aliphatic rings. The summed E-state index contributed by atoms with van der Waals surface area (Å²) < 4.78 is 16.2. The minimum atomic E-state index is -1.32. The number of benzene rings is 2. The molecule has 2 aromatic carbocycles. The van der Waals surface area contributed by atoms with E-state index in [1.165, 1.54) is 0 Å². The number of rotatable bonds is 8. The Bertz CT molecular complexity index is 863. The van der Waals surface area contributed by atoms with Crippen molar-refractivity contribution in [3.05, 3.63) is 53.6 Å². The summed E-state index contributed by atoms with van der Waals surface area (Å²) in [6, 6.07) is 12.9. The molecule has 0 saturated carbocycles. The molecule has 1 aliphatic heterocycles.